The third-order valence-electron chi connectivity index (χ3n) is 3.38. The molecule has 1 heterocycles. The number of hydrogen-bond donors (Lipinski definition) is 2. The molecular weight excluding hydrogens is 439 g/mol. The Morgan fingerprint density at radius 3 is 1.36 bits per heavy atom. The van der Waals surface area contributed by atoms with E-state index in [2.05, 4.69) is 0 Å². The van der Waals surface area contributed by atoms with Crippen LogP contribution in [0.3, 0.4) is 0 Å². The Hall–Kier alpha value is -2.23. The van der Waals surface area contributed by atoms with E-state index in [0.29, 0.717) is 0 Å². The van der Waals surface area contributed by atoms with E-state index in [1.165, 1.54) is 4.98 Å². The summed E-state index contributed by atoms with van der Waals surface area (Å²) >= 11 is 0. The zero-order chi connectivity index (χ0) is 22.7. The average Bonchev–Trinajstić information content (AvgIpc) is 2.43. The number of rotatable bonds is 5. The summed E-state index contributed by atoms with van der Waals surface area (Å²) in [6.07, 6.45) is -7.53. The van der Waals surface area contributed by atoms with Gasteiger partial charge in [-0.2, -0.15) is 57.1 Å². The minimum Gasteiger partial charge on any atom is -0.311 e. The van der Waals surface area contributed by atoms with Gasteiger partial charge in [0.1, 0.15) is 5.56 Å². The number of aryl methyl sites for hydroxylation is 1. The summed E-state index contributed by atoms with van der Waals surface area (Å²) in [5.41, 5.74) is -8.47. The van der Waals surface area contributed by atoms with E-state index in [9.17, 15) is 66.7 Å². The Morgan fingerprint density at radius 2 is 1.00 bits per heavy atom. The van der Waals surface area contributed by atoms with E-state index in [1.807, 2.05) is 0 Å². The normalized spacial score (nSPS) is 15.1. The molecule has 2 N–H and O–H groups in total. The second-order valence-corrected chi connectivity index (χ2v) is 5.28. The molecule has 0 amide bonds. The largest absolute Gasteiger partial charge is 0.460 e. The van der Waals surface area contributed by atoms with Crippen LogP contribution in [0.2, 0.25) is 0 Å². The molecule has 0 aliphatic heterocycles. The van der Waals surface area contributed by atoms with Crippen LogP contribution in [0.25, 0.3) is 0 Å². The van der Waals surface area contributed by atoms with E-state index in [1.54, 1.807) is 0 Å². The highest BCUT2D eigenvalue weighted by Crippen LogP contribution is 2.61. The molecule has 0 aliphatic carbocycles. The smallest absolute Gasteiger partial charge is 0.311 e. The third kappa shape index (κ3) is 2.94. The molecule has 0 atom stereocenters. The molecule has 0 aliphatic rings. The van der Waals surface area contributed by atoms with Crippen molar-refractivity contribution in [3.63, 3.8) is 0 Å². The molecule has 28 heavy (non-hydrogen) atoms. The standard InChI is InChI=1S/C11H5F13N2O2/c1-2-3(4(27)26-5(28)25-2)6(12,13)7(14,15)8(16,17)9(18,19)10(20,21)11(22,23)24/h1H3,(H2,25,26,27,28). The summed E-state index contributed by atoms with van der Waals surface area (Å²) in [6, 6.07) is 0. The van der Waals surface area contributed by atoms with Crippen LogP contribution in [0.4, 0.5) is 57.1 Å². The fraction of sp³-hybridized carbons (Fsp3) is 0.636. The highest BCUT2D eigenvalue weighted by Gasteiger charge is 2.91. The zero-order valence-corrected chi connectivity index (χ0v) is 12.7. The summed E-state index contributed by atoms with van der Waals surface area (Å²) in [5, 5.41) is 0. The van der Waals surface area contributed by atoms with Crippen molar-refractivity contribution in [1.29, 1.82) is 0 Å². The quantitative estimate of drug-likeness (QED) is 0.683. The van der Waals surface area contributed by atoms with Gasteiger partial charge in [-0.15, -0.1) is 0 Å². The summed E-state index contributed by atoms with van der Waals surface area (Å²) < 4.78 is 169. The molecule has 17 heteroatoms. The molecule has 0 saturated carbocycles. The summed E-state index contributed by atoms with van der Waals surface area (Å²) in [7, 11) is 0. The fourth-order valence-electron chi connectivity index (χ4n) is 1.90. The number of aromatic amines is 2. The van der Waals surface area contributed by atoms with E-state index in [4.69, 9.17) is 0 Å². The van der Waals surface area contributed by atoms with Crippen LogP contribution in [0.15, 0.2) is 9.59 Å². The summed E-state index contributed by atoms with van der Waals surface area (Å²) in [6.45, 7) is 0.247. The van der Waals surface area contributed by atoms with Gasteiger partial charge < -0.3 is 4.98 Å². The van der Waals surface area contributed by atoms with Gasteiger partial charge in [-0.05, 0) is 6.92 Å². The molecule has 0 radical (unpaired) electrons. The van der Waals surface area contributed by atoms with Crippen molar-refractivity contribution in [3.05, 3.63) is 32.1 Å². The maximum atomic E-state index is 13.9. The second kappa shape index (κ2) is 6.13. The Morgan fingerprint density at radius 1 is 0.607 bits per heavy atom. The molecular formula is C11H5F13N2O2. The van der Waals surface area contributed by atoms with Gasteiger partial charge in [0.2, 0.25) is 0 Å². The maximum absolute atomic E-state index is 13.9. The second-order valence-electron chi connectivity index (χ2n) is 5.28. The number of H-pyrrole nitrogens is 2. The number of hydrogen-bond acceptors (Lipinski definition) is 2. The van der Waals surface area contributed by atoms with Crippen LogP contribution in [-0.4, -0.2) is 39.8 Å². The van der Waals surface area contributed by atoms with E-state index in [-0.39, 0.29) is 6.92 Å². The summed E-state index contributed by atoms with van der Waals surface area (Å²) in [4.78, 5) is 24.1. The van der Waals surface area contributed by atoms with Gasteiger partial charge in [-0.25, -0.2) is 4.79 Å². The lowest BCUT2D eigenvalue weighted by molar-refractivity contribution is -0.441. The molecule has 0 fully saturated rings. The minimum absolute atomic E-state index is 0.247. The molecule has 1 aromatic rings. The van der Waals surface area contributed by atoms with E-state index >= 15 is 0 Å². The van der Waals surface area contributed by atoms with Gasteiger partial charge >= 0.3 is 41.5 Å². The number of aromatic nitrogens is 2. The first-order valence-corrected chi connectivity index (χ1v) is 6.37. The predicted octanol–water partition coefficient (Wildman–Crippen LogP) is 3.57. The molecule has 0 spiro atoms. The minimum atomic E-state index is -8.08. The lowest BCUT2D eigenvalue weighted by Gasteiger charge is -2.39. The molecule has 1 aromatic heterocycles. The highest BCUT2D eigenvalue weighted by atomic mass is 19.4. The first kappa shape index (κ1) is 23.8. The van der Waals surface area contributed by atoms with E-state index in [0.717, 1.165) is 4.98 Å². The lowest BCUT2D eigenvalue weighted by Crippen LogP contribution is -2.69. The SMILES string of the molecule is Cc1[nH]c(=O)[nH]c(=O)c1C(F)(F)C(F)(F)C(F)(F)C(F)(F)C(F)(F)C(F)(F)F. The Bertz CT molecular complexity index is 864. The van der Waals surface area contributed by atoms with Crippen molar-refractivity contribution in [2.24, 2.45) is 0 Å². The fourth-order valence-corrected chi connectivity index (χ4v) is 1.90. The highest BCUT2D eigenvalue weighted by molar-refractivity contribution is 5.26. The Labute approximate surface area is 143 Å². The van der Waals surface area contributed by atoms with Gasteiger partial charge in [0.15, 0.2) is 0 Å². The van der Waals surface area contributed by atoms with Crippen molar-refractivity contribution in [3.8, 4) is 0 Å². The molecule has 1 rings (SSSR count). The summed E-state index contributed by atoms with van der Waals surface area (Å²) in [5.74, 6) is -38.4. The molecule has 0 saturated heterocycles. The molecule has 0 aromatic carbocycles. The number of alkyl halides is 13. The van der Waals surface area contributed by atoms with Crippen LogP contribution in [0.5, 0.6) is 0 Å². The third-order valence-corrected chi connectivity index (χ3v) is 3.38. The van der Waals surface area contributed by atoms with Crippen LogP contribution in [0.1, 0.15) is 11.3 Å². The van der Waals surface area contributed by atoms with Crippen molar-refractivity contribution in [2.75, 3.05) is 0 Å². The first-order chi connectivity index (χ1) is 12.1. The van der Waals surface area contributed by atoms with Crippen LogP contribution in [-0.2, 0) is 5.92 Å². The predicted molar refractivity (Wildman–Crippen MR) is 62.2 cm³/mol. The van der Waals surface area contributed by atoms with Gasteiger partial charge in [0, 0.05) is 5.69 Å². The molecule has 0 bridgehead atoms. The molecule has 162 valence electrons. The maximum Gasteiger partial charge on any atom is 0.460 e. The van der Waals surface area contributed by atoms with Crippen LogP contribution in [0, 0.1) is 6.92 Å². The average molecular weight is 444 g/mol. The zero-order valence-electron chi connectivity index (χ0n) is 12.7. The van der Waals surface area contributed by atoms with Gasteiger partial charge in [0.05, 0.1) is 0 Å². The van der Waals surface area contributed by atoms with Crippen molar-refractivity contribution in [1.82, 2.24) is 9.97 Å². The molecule has 0 unspecified atom stereocenters. The van der Waals surface area contributed by atoms with Crippen molar-refractivity contribution < 1.29 is 57.1 Å². The monoisotopic (exact) mass is 444 g/mol. The lowest BCUT2D eigenvalue weighted by atomic mass is 9.90. The number of halogens is 13. The van der Waals surface area contributed by atoms with Gasteiger partial charge in [0.25, 0.3) is 5.56 Å². The first-order valence-electron chi connectivity index (χ1n) is 6.37. The van der Waals surface area contributed by atoms with Crippen molar-refractivity contribution >= 4 is 0 Å². The van der Waals surface area contributed by atoms with E-state index < -0.39 is 58.3 Å². The number of nitrogens with one attached hydrogen (secondary N) is 2. The topological polar surface area (TPSA) is 65.7 Å². The van der Waals surface area contributed by atoms with Gasteiger partial charge in [-0.3, -0.25) is 9.78 Å². The van der Waals surface area contributed by atoms with Crippen LogP contribution < -0.4 is 11.2 Å². The molecule has 4 nitrogen and oxygen atoms in total. The Balaban J connectivity index is 3.77. The van der Waals surface area contributed by atoms with Crippen LogP contribution >= 0.6 is 0 Å². The van der Waals surface area contributed by atoms with Crippen molar-refractivity contribution in [2.45, 2.75) is 42.7 Å². The Kier molecular flexibility index (Phi) is 5.21. The van der Waals surface area contributed by atoms with Gasteiger partial charge in [-0.1, -0.05) is 0 Å².